The van der Waals surface area contributed by atoms with E-state index in [0.29, 0.717) is 19.4 Å². The zero-order chi connectivity index (χ0) is 11.5. The van der Waals surface area contributed by atoms with Crippen molar-refractivity contribution in [3.05, 3.63) is 0 Å². The first-order valence-corrected chi connectivity index (χ1v) is 7.08. The Morgan fingerprint density at radius 2 is 2.00 bits per heavy atom. The minimum Gasteiger partial charge on any atom is -0.466 e. The molecule has 1 fully saturated rings. The normalized spacial score (nSPS) is 20.1. The van der Waals surface area contributed by atoms with E-state index in [2.05, 4.69) is 0 Å². The maximum Gasteiger partial charge on any atom is 0.309 e. The summed E-state index contributed by atoms with van der Waals surface area (Å²) in [5.41, 5.74) is 0. The molecule has 0 radical (unpaired) electrons. The molecule has 0 N–H and O–H groups in total. The maximum atomic E-state index is 11.3. The highest BCUT2D eigenvalue weighted by Gasteiger charge is 2.30. The number of rotatable bonds is 3. The van der Waals surface area contributed by atoms with Gasteiger partial charge in [0.2, 0.25) is 0 Å². The van der Waals surface area contributed by atoms with Crippen LogP contribution in [0.4, 0.5) is 0 Å². The van der Waals surface area contributed by atoms with Crippen LogP contribution in [0.2, 0.25) is 0 Å². The minimum absolute atomic E-state index is 0.195. The third kappa shape index (κ3) is 3.62. The van der Waals surface area contributed by atoms with Crippen LogP contribution < -0.4 is 0 Å². The van der Waals surface area contributed by atoms with Crippen molar-refractivity contribution in [1.82, 2.24) is 4.31 Å². The van der Waals surface area contributed by atoms with Gasteiger partial charge in [-0.15, -0.1) is 0 Å². The van der Waals surface area contributed by atoms with E-state index >= 15 is 0 Å². The summed E-state index contributed by atoms with van der Waals surface area (Å²) in [6, 6.07) is 0. The van der Waals surface area contributed by atoms with Crippen LogP contribution in [0.15, 0.2) is 0 Å². The molecular formula is C8H14ClNO4S. The molecule has 0 amide bonds. The molecule has 15 heavy (non-hydrogen) atoms. The predicted molar refractivity (Wildman–Crippen MR) is 55.7 cm³/mol. The van der Waals surface area contributed by atoms with Gasteiger partial charge >= 0.3 is 5.97 Å². The highest BCUT2D eigenvalue weighted by atomic mass is 35.7. The highest BCUT2D eigenvalue weighted by molar-refractivity contribution is 8.11. The van der Waals surface area contributed by atoms with Crippen molar-refractivity contribution in [1.29, 1.82) is 0 Å². The number of esters is 1. The molecule has 1 aliphatic rings. The fourth-order valence-corrected chi connectivity index (χ4v) is 2.63. The van der Waals surface area contributed by atoms with Crippen LogP contribution in [0, 0.1) is 5.92 Å². The summed E-state index contributed by atoms with van der Waals surface area (Å²) < 4.78 is 28.0. The molecule has 88 valence electrons. The first-order valence-electron chi connectivity index (χ1n) is 4.81. The first-order chi connectivity index (χ1) is 6.95. The summed E-state index contributed by atoms with van der Waals surface area (Å²) in [7, 11) is 1.55. The average Bonchev–Trinajstić information content (AvgIpc) is 2.17. The average molecular weight is 256 g/mol. The molecule has 1 heterocycles. The molecule has 0 aliphatic carbocycles. The lowest BCUT2D eigenvalue weighted by atomic mass is 9.98. The van der Waals surface area contributed by atoms with E-state index in [1.807, 2.05) is 0 Å². The Labute approximate surface area is 93.9 Å². The molecule has 1 aliphatic heterocycles. The summed E-state index contributed by atoms with van der Waals surface area (Å²) in [6.45, 7) is 2.67. The number of nitrogens with zero attached hydrogens (tertiary/aromatic N) is 1. The van der Waals surface area contributed by atoms with Gasteiger partial charge in [0.25, 0.3) is 9.24 Å². The van der Waals surface area contributed by atoms with Gasteiger partial charge in [0.05, 0.1) is 12.5 Å². The largest absolute Gasteiger partial charge is 0.466 e. The van der Waals surface area contributed by atoms with Gasteiger partial charge in [-0.25, -0.2) is 0 Å². The van der Waals surface area contributed by atoms with Gasteiger partial charge in [-0.2, -0.15) is 12.7 Å². The SMILES string of the molecule is CCOC(=O)C1CCN(S(=O)(=O)Cl)CC1. The van der Waals surface area contributed by atoms with Crippen molar-refractivity contribution >= 4 is 25.9 Å². The summed E-state index contributed by atoms with van der Waals surface area (Å²) in [5, 5.41) is 0. The van der Waals surface area contributed by atoms with Crippen molar-refractivity contribution in [3.63, 3.8) is 0 Å². The molecule has 1 rings (SSSR count). The number of carbonyl (C=O) groups excluding carboxylic acids is 1. The molecule has 0 aromatic heterocycles. The van der Waals surface area contributed by atoms with Crippen LogP contribution in [0.1, 0.15) is 19.8 Å². The van der Waals surface area contributed by atoms with Crippen LogP contribution in [-0.4, -0.2) is 38.4 Å². The van der Waals surface area contributed by atoms with E-state index in [9.17, 15) is 13.2 Å². The van der Waals surface area contributed by atoms with Gasteiger partial charge in [-0.05, 0) is 19.8 Å². The van der Waals surface area contributed by atoms with Crippen LogP contribution in [-0.2, 0) is 18.8 Å². The number of carbonyl (C=O) groups is 1. The smallest absolute Gasteiger partial charge is 0.309 e. The van der Waals surface area contributed by atoms with Crippen molar-refractivity contribution in [2.45, 2.75) is 19.8 Å². The Bertz CT molecular complexity index is 322. The third-order valence-corrected chi connectivity index (χ3v) is 3.95. The number of hydrogen-bond donors (Lipinski definition) is 0. The Hall–Kier alpha value is -0.330. The van der Waals surface area contributed by atoms with Gasteiger partial charge in [0, 0.05) is 23.8 Å². The van der Waals surface area contributed by atoms with Crippen molar-refractivity contribution < 1.29 is 17.9 Å². The van der Waals surface area contributed by atoms with E-state index in [-0.39, 0.29) is 25.0 Å². The van der Waals surface area contributed by atoms with E-state index in [4.69, 9.17) is 15.4 Å². The monoisotopic (exact) mass is 255 g/mol. The van der Waals surface area contributed by atoms with Crippen LogP contribution >= 0.6 is 10.7 Å². The lowest BCUT2D eigenvalue weighted by Crippen LogP contribution is -2.38. The highest BCUT2D eigenvalue weighted by Crippen LogP contribution is 2.22. The quantitative estimate of drug-likeness (QED) is 0.551. The predicted octanol–water partition coefficient (Wildman–Crippen LogP) is 0.745. The van der Waals surface area contributed by atoms with E-state index in [0.717, 1.165) is 0 Å². The lowest BCUT2D eigenvalue weighted by molar-refractivity contribution is -0.149. The van der Waals surface area contributed by atoms with Gasteiger partial charge in [-0.1, -0.05) is 0 Å². The molecule has 0 atom stereocenters. The second kappa shape index (κ2) is 5.14. The molecule has 7 heteroatoms. The second-order valence-corrected chi connectivity index (χ2v) is 5.88. The van der Waals surface area contributed by atoms with Gasteiger partial charge < -0.3 is 4.74 Å². The lowest BCUT2D eigenvalue weighted by Gasteiger charge is -2.27. The molecule has 0 aromatic rings. The number of hydrogen-bond acceptors (Lipinski definition) is 4. The van der Waals surface area contributed by atoms with Crippen LogP contribution in [0.25, 0.3) is 0 Å². The third-order valence-electron chi connectivity index (χ3n) is 2.38. The Balaban J connectivity index is 2.46. The Morgan fingerprint density at radius 1 is 1.47 bits per heavy atom. The number of piperidine rings is 1. The van der Waals surface area contributed by atoms with Crippen LogP contribution in [0.3, 0.4) is 0 Å². The van der Waals surface area contributed by atoms with E-state index in [1.54, 1.807) is 6.92 Å². The van der Waals surface area contributed by atoms with Gasteiger partial charge in [0.15, 0.2) is 0 Å². The fourth-order valence-electron chi connectivity index (χ4n) is 1.57. The minimum atomic E-state index is -3.63. The Kier molecular flexibility index (Phi) is 4.36. The van der Waals surface area contributed by atoms with E-state index in [1.165, 1.54) is 4.31 Å². The Morgan fingerprint density at radius 3 is 2.40 bits per heavy atom. The molecule has 0 unspecified atom stereocenters. The zero-order valence-corrected chi connectivity index (χ0v) is 10.1. The number of halogens is 1. The molecule has 1 saturated heterocycles. The molecule has 0 saturated carbocycles. The fraction of sp³-hybridized carbons (Fsp3) is 0.875. The van der Waals surface area contributed by atoms with Crippen LogP contribution in [0.5, 0.6) is 0 Å². The van der Waals surface area contributed by atoms with Crippen molar-refractivity contribution in [2.75, 3.05) is 19.7 Å². The molecule has 5 nitrogen and oxygen atoms in total. The first kappa shape index (κ1) is 12.7. The van der Waals surface area contributed by atoms with Gasteiger partial charge in [0.1, 0.15) is 0 Å². The molecular weight excluding hydrogens is 242 g/mol. The summed E-state index contributed by atoms with van der Waals surface area (Å²) in [5.74, 6) is -0.441. The summed E-state index contributed by atoms with van der Waals surface area (Å²) in [6.07, 6.45) is 0.954. The molecule has 0 spiro atoms. The molecule has 0 bridgehead atoms. The zero-order valence-electron chi connectivity index (χ0n) is 8.48. The van der Waals surface area contributed by atoms with Gasteiger partial charge in [-0.3, -0.25) is 4.79 Å². The summed E-state index contributed by atoms with van der Waals surface area (Å²) in [4.78, 5) is 11.3. The maximum absolute atomic E-state index is 11.3. The van der Waals surface area contributed by atoms with E-state index < -0.39 is 9.24 Å². The second-order valence-electron chi connectivity index (χ2n) is 3.37. The summed E-state index contributed by atoms with van der Waals surface area (Å²) >= 11 is 0. The molecule has 0 aromatic carbocycles. The standard InChI is InChI=1S/C8H14ClNO4S/c1-2-14-8(11)7-3-5-10(6-4-7)15(9,12)13/h7H,2-6H2,1H3. The topological polar surface area (TPSA) is 63.7 Å². The van der Waals surface area contributed by atoms with Crippen molar-refractivity contribution in [3.8, 4) is 0 Å². The number of ether oxygens (including phenoxy) is 1. The van der Waals surface area contributed by atoms with Crippen molar-refractivity contribution in [2.24, 2.45) is 5.92 Å².